The Bertz CT molecular complexity index is 1310. The van der Waals surface area contributed by atoms with Crippen molar-refractivity contribution in [2.24, 2.45) is 0 Å². The van der Waals surface area contributed by atoms with Crippen LogP contribution in [0.15, 0.2) is 76.0 Å². The van der Waals surface area contributed by atoms with Crippen molar-refractivity contribution in [3.63, 3.8) is 0 Å². The summed E-state index contributed by atoms with van der Waals surface area (Å²) in [6, 6.07) is 15.7. The Morgan fingerprint density at radius 3 is 2.72 bits per heavy atom. The van der Waals surface area contributed by atoms with Gasteiger partial charge in [-0.3, -0.25) is 4.79 Å². The Morgan fingerprint density at radius 1 is 1.22 bits per heavy atom. The number of benzene rings is 2. The molecular formula is C26H23BrN2O3. The molecule has 0 fully saturated rings. The number of ether oxygens (including phenoxy) is 1. The molecular weight excluding hydrogens is 468 g/mol. The first-order chi connectivity index (χ1) is 15.5. The number of fused-ring (bicyclic) bond motifs is 1. The van der Waals surface area contributed by atoms with Gasteiger partial charge in [0.1, 0.15) is 17.2 Å². The number of rotatable bonds is 6. The molecule has 1 N–H and O–H groups in total. The maximum Gasteiger partial charge on any atom is 0.249 e. The van der Waals surface area contributed by atoms with E-state index in [4.69, 9.17) is 9.15 Å². The maximum atomic E-state index is 12.7. The van der Waals surface area contributed by atoms with Crippen LogP contribution >= 0.6 is 15.9 Å². The number of aryl methyl sites for hydroxylation is 1. The monoisotopic (exact) mass is 490 g/mol. The molecule has 0 aliphatic rings. The van der Waals surface area contributed by atoms with E-state index in [2.05, 4.69) is 26.2 Å². The standard InChI is InChI=1S/C26H23BrN2O3/c1-4-31-23-14-24-21(22(15-32-24)18-7-9-19(27)10-8-18)13-20(23)17(3)12-25(30)29-26-16(2)6-5-11-28-26/h5-15H,4H2,1-3H3,(H,28,29,30)/b17-12+. The molecule has 2 heterocycles. The molecule has 162 valence electrons. The first-order valence-electron chi connectivity index (χ1n) is 10.3. The Labute approximate surface area is 195 Å². The molecule has 0 atom stereocenters. The minimum absolute atomic E-state index is 0.243. The predicted molar refractivity (Wildman–Crippen MR) is 132 cm³/mol. The molecule has 0 radical (unpaired) electrons. The number of anilines is 1. The number of nitrogens with one attached hydrogen (secondary N) is 1. The Balaban J connectivity index is 1.73. The van der Waals surface area contributed by atoms with Crippen LogP contribution in [-0.2, 0) is 4.79 Å². The van der Waals surface area contributed by atoms with Crippen LogP contribution in [-0.4, -0.2) is 17.5 Å². The van der Waals surface area contributed by atoms with Gasteiger partial charge in [-0.2, -0.15) is 0 Å². The first-order valence-corrected chi connectivity index (χ1v) is 11.1. The van der Waals surface area contributed by atoms with Crippen LogP contribution in [0.3, 0.4) is 0 Å². The smallest absolute Gasteiger partial charge is 0.249 e. The SMILES string of the molecule is CCOc1cc2occ(-c3ccc(Br)cc3)c2cc1/C(C)=C/C(=O)Nc1ncccc1C. The molecule has 0 spiro atoms. The van der Waals surface area contributed by atoms with Crippen molar-refractivity contribution >= 4 is 44.2 Å². The summed E-state index contributed by atoms with van der Waals surface area (Å²) in [7, 11) is 0. The fourth-order valence-corrected chi connectivity index (χ4v) is 3.80. The van der Waals surface area contributed by atoms with Crippen molar-refractivity contribution in [2.75, 3.05) is 11.9 Å². The number of aromatic nitrogens is 1. The predicted octanol–water partition coefficient (Wildman–Crippen LogP) is 7.01. The van der Waals surface area contributed by atoms with Gasteiger partial charge in [-0.15, -0.1) is 0 Å². The Kier molecular flexibility index (Phi) is 6.42. The summed E-state index contributed by atoms with van der Waals surface area (Å²) < 4.78 is 12.7. The van der Waals surface area contributed by atoms with Crippen LogP contribution in [0.1, 0.15) is 25.0 Å². The number of carbonyl (C=O) groups is 1. The van der Waals surface area contributed by atoms with Gasteiger partial charge in [0.05, 0.1) is 12.9 Å². The molecule has 2 aromatic carbocycles. The number of halogens is 1. The molecule has 0 aliphatic heterocycles. The summed E-state index contributed by atoms with van der Waals surface area (Å²) in [5, 5.41) is 3.80. The van der Waals surface area contributed by atoms with Gasteiger partial charge in [-0.05, 0) is 61.7 Å². The van der Waals surface area contributed by atoms with E-state index in [9.17, 15) is 4.79 Å². The van der Waals surface area contributed by atoms with Crippen molar-refractivity contribution in [3.05, 3.63) is 82.7 Å². The average molecular weight is 491 g/mol. The number of amides is 1. The van der Waals surface area contributed by atoms with Gasteiger partial charge in [0.15, 0.2) is 0 Å². The number of carbonyl (C=O) groups excluding carboxylic acids is 1. The summed E-state index contributed by atoms with van der Waals surface area (Å²) in [6.07, 6.45) is 4.98. The third kappa shape index (κ3) is 4.60. The van der Waals surface area contributed by atoms with Crippen molar-refractivity contribution in [1.82, 2.24) is 4.98 Å². The van der Waals surface area contributed by atoms with Crippen molar-refractivity contribution in [3.8, 4) is 16.9 Å². The third-order valence-electron chi connectivity index (χ3n) is 5.15. The molecule has 2 aromatic heterocycles. The van der Waals surface area contributed by atoms with E-state index in [1.54, 1.807) is 18.5 Å². The van der Waals surface area contributed by atoms with E-state index >= 15 is 0 Å². The van der Waals surface area contributed by atoms with Gasteiger partial charge >= 0.3 is 0 Å². The molecule has 1 amide bonds. The number of allylic oxidation sites excluding steroid dienone is 1. The molecule has 5 nitrogen and oxygen atoms in total. The fraction of sp³-hybridized carbons (Fsp3) is 0.154. The number of nitrogens with zero attached hydrogens (tertiary/aromatic N) is 1. The van der Waals surface area contributed by atoms with Gasteiger partial charge in [0, 0.05) is 39.3 Å². The molecule has 4 aromatic rings. The second-order valence-electron chi connectivity index (χ2n) is 7.42. The highest BCUT2D eigenvalue weighted by Crippen LogP contribution is 2.37. The minimum Gasteiger partial charge on any atom is -0.493 e. The summed E-state index contributed by atoms with van der Waals surface area (Å²) in [4.78, 5) is 16.9. The Morgan fingerprint density at radius 2 is 2.00 bits per heavy atom. The van der Waals surface area contributed by atoms with E-state index in [0.29, 0.717) is 18.2 Å². The van der Waals surface area contributed by atoms with Gasteiger partial charge < -0.3 is 14.5 Å². The Hall–Kier alpha value is -3.38. The van der Waals surface area contributed by atoms with Crippen molar-refractivity contribution in [2.45, 2.75) is 20.8 Å². The minimum atomic E-state index is -0.243. The quantitative estimate of drug-likeness (QED) is 0.295. The van der Waals surface area contributed by atoms with Crippen LogP contribution in [0, 0.1) is 6.92 Å². The van der Waals surface area contributed by atoms with Crippen LogP contribution in [0.5, 0.6) is 5.75 Å². The number of furan rings is 1. The number of pyridine rings is 1. The summed E-state index contributed by atoms with van der Waals surface area (Å²) in [5.41, 5.74) is 5.29. The third-order valence-corrected chi connectivity index (χ3v) is 5.68. The fourth-order valence-electron chi connectivity index (χ4n) is 3.53. The second kappa shape index (κ2) is 9.40. The lowest BCUT2D eigenvalue weighted by Crippen LogP contribution is -2.11. The van der Waals surface area contributed by atoms with E-state index in [0.717, 1.165) is 43.3 Å². The van der Waals surface area contributed by atoms with E-state index in [1.807, 2.05) is 69.3 Å². The normalized spacial score (nSPS) is 11.6. The van der Waals surface area contributed by atoms with Crippen LogP contribution in [0.2, 0.25) is 0 Å². The highest BCUT2D eigenvalue weighted by Gasteiger charge is 2.15. The lowest BCUT2D eigenvalue weighted by molar-refractivity contribution is -0.111. The van der Waals surface area contributed by atoms with Gasteiger partial charge in [0.25, 0.3) is 0 Å². The van der Waals surface area contributed by atoms with Crippen LogP contribution in [0.25, 0.3) is 27.7 Å². The van der Waals surface area contributed by atoms with Crippen LogP contribution < -0.4 is 10.1 Å². The summed E-state index contributed by atoms with van der Waals surface area (Å²) >= 11 is 3.48. The molecule has 0 aliphatic carbocycles. The lowest BCUT2D eigenvalue weighted by Gasteiger charge is -2.12. The summed E-state index contributed by atoms with van der Waals surface area (Å²) in [5.74, 6) is 0.980. The molecule has 0 saturated heterocycles. The molecule has 32 heavy (non-hydrogen) atoms. The second-order valence-corrected chi connectivity index (χ2v) is 8.33. The van der Waals surface area contributed by atoms with Crippen LogP contribution in [0.4, 0.5) is 5.82 Å². The highest BCUT2D eigenvalue weighted by atomic mass is 79.9. The maximum absolute atomic E-state index is 12.7. The molecule has 0 bridgehead atoms. The topological polar surface area (TPSA) is 64.4 Å². The zero-order valence-corrected chi connectivity index (χ0v) is 19.7. The molecule has 6 heteroatoms. The average Bonchev–Trinajstić information content (AvgIpc) is 3.18. The van der Waals surface area contributed by atoms with Gasteiger partial charge in [0.2, 0.25) is 5.91 Å². The largest absolute Gasteiger partial charge is 0.493 e. The first kappa shape index (κ1) is 21.8. The van der Waals surface area contributed by atoms with Crippen molar-refractivity contribution in [1.29, 1.82) is 0 Å². The van der Waals surface area contributed by atoms with Crippen molar-refractivity contribution < 1.29 is 13.9 Å². The number of hydrogen-bond acceptors (Lipinski definition) is 4. The molecule has 0 saturated carbocycles. The lowest BCUT2D eigenvalue weighted by atomic mass is 9.99. The molecule has 4 rings (SSSR count). The zero-order valence-electron chi connectivity index (χ0n) is 18.1. The van der Waals surface area contributed by atoms with E-state index in [1.165, 1.54) is 0 Å². The van der Waals surface area contributed by atoms with Gasteiger partial charge in [-0.1, -0.05) is 34.1 Å². The number of hydrogen-bond donors (Lipinski definition) is 1. The molecule has 0 unspecified atom stereocenters. The van der Waals surface area contributed by atoms with E-state index in [-0.39, 0.29) is 5.91 Å². The summed E-state index contributed by atoms with van der Waals surface area (Å²) in [6.45, 7) is 6.24. The van der Waals surface area contributed by atoms with E-state index < -0.39 is 0 Å². The zero-order chi connectivity index (χ0) is 22.7. The highest BCUT2D eigenvalue weighted by molar-refractivity contribution is 9.10. The van der Waals surface area contributed by atoms with Gasteiger partial charge in [-0.25, -0.2) is 4.98 Å².